The summed E-state index contributed by atoms with van der Waals surface area (Å²) in [6, 6.07) is 3.89. The topological polar surface area (TPSA) is 68.2 Å². The van der Waals surface area contributed by atoms with Crippen LogP contribution in [0.2, 0.25) is 0 Å². The van der Waals surface area contributed by atoms with Gasteiger partial charge in [-0.25, -0.2) is 4.79 Å². The Morgan fingerprint density at radius 3 is 2.60 bits per heavy atom. The summed E-state index contributed by atoms with van der Waals surface area (Å²) in [7, 11) is 0. The van der Waals surface area contributed by atoms with Crippen LogP contribution >= 0.6 is 0 Å². The maximum absolute atomic E-state index is 11.6. The zero-order valence-corrected chi connectivity index (χ0v) is 12.3. The van der Waals surface area contributed by atoms with E-state index in [1.54, 1.807) is 6.07 Å². The minimum Gasteiger partial charge on any atom is -0.478 e. The van der Waals surface area contributed by atoms with Gasteiger partial charge in [-0.3, -0.25) is 0 Å². The lowest BCUT2D eigenvalue weighted by atomic mass is 9.98. The van der Waals surface area contributed by atoms with Gasteiger partial charge in [0.05, 0.1) is 11.1 Å². The molecule has 0 amide bonds. The predicted molar refractivity (Wildman–Crippen MR) is 81.4 cm³/mol. The molecule has 0 radical (unpaired) electrons. The first-order valence-electron chi connectivity index (χ1n) is 7.08. The molecule has 1 aromatic heterocycles. The van der Waals surface area contributed by atoms with Gasteiger partial charge in [-0.1, -0.05) is 20.8 Å². The average molecular weight is 274 g/mol. The minimum atomic E-state index is -0.878. The van der Waals surface area contributed by atoms with Crippen LogP contribution < -0.4 is 5.73 Å². The molecule has 0 aliphatic heterocycles. The highest BCUT2D eigenvalue weighted by molar-refractivity contribution is 6.04. The van der Waals surface area contributed by atoms with E-state index in [2.05, 4.69) is 19.9 Å². The van der Waals surface area contributed by atoms with E-state index in [4.69, 9.17) is 5.73 Å². The lowest BCUT2D eigenvalue weighted by Gasteiger charge is -2.08. The molecule has 1 heterocycles. The number of nitrogens with two attached hydrogens (primary N) is 1. The number of rotatable bonds is 5. The number of fused-ring (bicyclic) bond motifs is 1. The lowest BCUT2D eigenvalue weighted by molar-refractivity contribution is 0.0698. The van der Waals surface area contributed by atoms with Crippen molar-refractivity contribution in [2.45, 2.75) is 39.7 Å². The highest BCUT2D eigenvalue weighted by Gasteiger charge is 2.18. The summed E-state index contributed by atoms with van der Waals surface area (Å²) in [5, 5.41) is 10.5. The maximum Gasteiger partial charge on any atom is 0.337 e. The number of aromatic carboxylic acids is 1. The summed E-state index contributed by atoms with van der Waals surface area (Å²) in [6.07, 6.45) is 2.88. The van der Waals surface area contributed by atoms with Gasteiger partial charge in [0.25, 0.3) is 0 Å². The molecule has 20 heavy (non-hydrogen) atoms. The minimum absolute atomic E-state index is 0.352. The van der Waals surface area contributed by atoms with Crippen molar-refractivity contribution in [3.63, 3.8) is 0 Å². The Morgan fingerprint density at radius 2 is 2.10 bits per heavy atom. The average Bonchev–Trinajstić information content (AvgIpc) is 2.77. The van der Waals surface area contributed by atoms with E-state index in [1.165, 1.54) is 5.56 Å². The van der Waals surface area contributed by atoms with Crippen molar-refractivity contribution in [2.24, 2.45) is 5.73 Å². The van der Waals surface area contributed by atoms with Crippen LogP contribution in [-0.2, 0) is 13.0 Å². The molecule has 0 saturated carbocycles. The van der Waals surface area contributed by atoms with Crippen LogP contribution in [0, 0.1) is 0 Å². The molecular formula is C16H22N2O2. The Bertz CT molecular complexity index is 641. The van der Waals surface area contributed by atoms with Crippen LogP contribution in [0.3, 0.4) is 0 Å². The predicted octanol–water partition coefficient (Wildman–Crippen LogP) is 2.98. The molecular weight excluding hydrogens is 252 g/mol. The van der Waals surface area contributed by atoms with Crippen molar-refractivity contribution in [3.8, 4) is 0 Å². The molecule has 4 nitrogen and oxygen atoms in total. The molecule has 0 spiro atoms. The van der Waals surface area contributed by atoms with Gasteiger partial charge in [-0.2, -0.15) is 0 Å². The van der Waals surface area contributed by atoms with Gasteiger partial charge in [0.1, 0.15) is 0 Å². The molecule has 1 aromatic carbocycles. The summed E-state index contributed by atoms with van der Waals surface area (Å²) < 4.78 is 1.98. The third-order valence-electron chi connectivity index (χ3n) is 3.69. The van der Waals surface area contributed by atoms with Crippen molar-refractivity contribution in [3.05, 3.63) is 35.0 Å². The number of carboxylic acid groups (broad SMARTS) is 1. The highest BCUT2D eigenvalue weighted by Crippen LogP contribution is 2.31. The zero-order chi connectivity index (χ0) is 14.9. The second-order valence-electron chi connectivity index (χ2n) is 5.42. The van der Waals surface area contributed by atoms with Gasteiger partial charge < -0.3 is 15.4 Å². The maximum atomic E-state index is 11.6. The fourth-order valence-corrected chi connectivity index (χ4v) is 2.67. The number of nitrogens with zero attached hydrogens (tertiary/aromatic N) is 1. The first-order chi connectivity index (χ1) is 9.49. The number of carbonyl (C=O) groups is 1. The molecule has 2 aromatic rings. The van der Waals surface area contributed by atoms with Gasteiger partial charge in [0.2, 0.25) is 0 Å². The molecule has 0 atom stereocenters. The van der Waals surface area contributed by atoms with Crippen LogP contribution in [0.25, 0.3) is 10.9 Å². The van der Waals surface area contributed by atoms with Crippen molar-refractivity contribution in [1.29, 1.82) is 0 Å². The molecule has 0 aliphatic carbocycles. The Hall–Kier alpha value is -1.81. The van der Waals surface area contributed by atoms with E-state index >= 15 is 0 Å². The zero-order valence-electron chi connectivity index (χ0n) is 12.3. The number of hydrogen-bond donors (Lipinski definition) is 2. The van der Waals surface area contributed by atoms with Gasteiger partial charge in [-0.05, 0) is 35.6 Å². The molecule has 0 bridgehead atoms. The Morgan fingerprint density at radius 1 is 1.40 bits per heavy atom. The molecule has 0 saturated heterocycles. The second-order valence-corrected chi connectivity index (χ2v) is 5.42. The molecule has 2 rings (SSSR count). The van der Waals surface area contributed by atoms with E-state index in [-0.39, 0.29) is 0 Å². The van der Waals surface area contributed by atoms with E-state index in [9.17, 15) is 9.90 Å². The van der Waals surface area contributed by atoms with Gasteiger partial charge >= 0.3 is 5.97 Å². The van der Waals surface area contributed by atoms with Crippen molar-refractivity contribution in [1.82, 2.24) is 4.57 Å². The van der Waals surface area contributed by atoms with Gasteiger partial charge in [0, 0.05) is 24.7 Å². The summed E-state index contributed by atoms with van der Waals surface area (Å²) in [4.78, 5) is 11.6. The molecule has 0 aliphatic rings. The van der Waals surface area contributed by atoms with E-state index in [1.807, 2.05) is 17.7 Å². The number of aromatic nitrogens is 1. The SMILES string of the molecule is CCc1cc(C(=O)O)c2c(c1)c(C(C)C)cn2CCN. The highest BCUT2D eigenvalue weighted by atomic mass is 16.4. The number of benzene rings is 1. The molecule has 0 unspecified atom stereocenters. The third kappa shape index (κ3) is 2.43. The van der Waals surface area contributed by atoms with Crippen LogP contribution in [-0.4, -0.2) is 22.2 Å². The molecule has 4 heteroatoms. The first-order valence-corrected chi connectivity index (χ1v) is 7.08. The Balaban J connectivity index is 2.84. The normalized spacial score (nSPS) is 11.4. The van der Waals surface area contributed by atoms with Gasteiger partial charge in [-0.15, -0.1) is 0 Å². The van der Waals surface area contributed by atoms with Crippen molar-refractivity contribution in [2.75, 3.05) is 6.54 Å². The van der Waals surface area contributed by atoms with Crippen molar-refractivity contribution < 1.29 is 9.90 Å². The smallest absolute Gasteiger partial charge is 0.337 e. The fourth-order valence-electron chi connectivity index (χ4n) is 2.67. The van der Waals surface area contributed by atoms with E-state index in [0.29, 0.717) is 24.6 Å². The van der Waals surface area contributed by atoms with Gasteiger partial charge in [0.15, 0.2) is 0 Å². The van der Waals surface area contributed by atoms with E-state index < -0.39 is 5.97 Å². The number of aryl methyl sites for hydroxylation is 1. The molecule has 108 valence electrons. The third-order valence-corrected chi connectivity index (χ3v) is 3.69. The summed E-state index contributed by atoms with van der Waals surface area (Å²) in [5.41, 5.74) is 9.06. The quantitative estimate of drug-likeness (QED) is 0.880. The lowest BCUT2D eigenvalue weighted by Crippen LogP contribution is -2.11. The number of hydrogen-bond acceptors (Lipinski definition) is 2. The fraction of sp³-hybridized carbons (Fsp3) is 0.438. The summed E-state index contributed by atoms with van der Waals surface area (Å²) in [5.74, 6) is -0.526. The monoisotopic (exact) mass is 274 g/mol. The molecule has 3 N–H and O–H groups in total. The first kappa shape index (κ1) is 14.6. The van der Waals surface area contributed by atoms with E-state index in [0.717, 1.165) is 22.9 Å². The standard InChI is InChI=1S/C16H22N2O2/c1-4-11-7-12-14(10(2)3)9-18(6-5-17)15(12)13(8-11)16(19)20/h7-10H,4-6,17H2,1-3H3,(H,19,20). The Kier molecular flexibility index (Phi) is 4.14. The second kappa shape index (κ2) is 5.67. The van der Waals surface area contributed by atoms with Crippen LogP contribution in [0.1, 0.15) is 48.2 Å². The van der Waals surface area contributed by atoms with Crippen molar-refractivity contribution >= 4 is 16.9 Å². The van der Waals surface area contributed by atoms with Crippen LogP contribution in [0.5, 0.6) is 0 Å². The number of carboxylic acids is 1. The van der Waals surface area contributed by atoms with Crippen LogP contribution in [0.15, 0.2) is 18.3 Å². The molecule has 0 fully saturated rings. The Labute approximate surface area is 119 Å². The summed E-state index contributed by atoms with van der Waals surface area (Å²) >= 11 is 0. The van der Waals surface area contributed by atoms with Crippen LogP contribution in [0.4, 0.5) is 0 Å². The summed E-state index contributed by atoms with van der Waals surface area (Å²) in [6.45, 7) is 7.42. The largest absolute Gasteiger partial charge is 0.478 e.